The highest BCUT2D eigenvalue weighted by Gasteiger charge is 2.30. The van der Waals surface area contributed by atoms with Crippen LogP contribution in [-0.4, -0.2) is 47.7 Å². The van der Waals surface area contributed by atoms with Crippen molar-refractivity contribution >= 4 is 23.2 Å². The van der Waals surface area contributed by atoms with Crippen LogP contribution in [0.25, 0.3) is 10.4 Å². The first-order chi connectivity index (χ1) is 11.5. The number of amides is 1. The zero-order valence-electron chi connectivity index (χ0n) is 13.0. The van der Waals surface area contributed by atoms with E-state index in [0.29, 0.717) is 11.4 Å². The summed E-state index contributed by atoms with van der Waals surface area (Å²) < 4.78 is 18.2. The lowest BCUT2D eigenvalue weighted by atomic mass is 10.1. The van der Waals surface area contributed by atoms with Crippen LogP contribution in [0.1, 0.15) is 15.2 Å². The van der Waals surface area contributed by atoms with E-state index in [2.05, 4.69) is 0 Å². The van der Waals surface area contributed by atoms with Crippen LogP contribution in [0.3, 0.4) is 0 Å². The van der Waals surface area contributed by atoms with E-state index in [-0.39, 0.29) is 24.9 Å². The van der Waals surface area contributed by atoms with Crippen molar-refractivity contribution in [2.24, 2.45) is 0 Å². The summed E-state index contributed by atoms with van der Waals surface area (Å²) in [5, 5.41) is 9.04. The number of hydrogen-bond donors (Lipinski definition) is 1. The van der Waals surface area contributed by atoms with Gasteiger partial charge in [-0.3, -0.25) is 4.79 Å². The summed E-state index contributed by atoms with van der Waals surface area (Å²) in [5.74, 6) is -1.58. The Labute approximate surface area is 142 Å². The molecule has 0 saturated carbocycles. The number of carbonyl (C=O) groups excluding carboxylic acids is 1. The van der Waals surface area contributed by atoms with Gasteiger partial charge in [0.15, 0.2) is 6.10 Å². The molecule has 0 spiro atoms. The number of benzene rings is 1. The molecular formula is C17H16FNO4S. The van der Waals surface area contributed by atoms with E-state index in [1.807, 2.05) is 6.92 Å². The fourth-order valence-electron chi connectivity index (χ4n) is 2.61. The predicted molar refractivity (Wildman–Crippen MR) is 87.7 cm³/mol. The highest BCUT2D eigenvalue weighted by atomic mass is 32.1. The number of halogens is 1. The van der Waals surface area contributed by atoms with Crippen LogP contribution >= 0.6 is 11.3 Å². The molecule has 1 aliphatic rings. The van der Waals surface area contributed by atoms with Crippen molar-refractivity contribution < 1.29 is 23.8 Å². The topological polar surface area (TPSA) is 66.8 Å². The minimum absolute atomic E-state index is 0.0387. The van der Waals surface area contributed by atoms with Gasteiger partial charge in [0.25, 0.3) is 5.91 Å². The maximum atomic E-state index is 13.1. The Hall–Kier alpha value is -2.25. The Kier molecular flexibility index (Phi) is 4.64. The van der Waals surface area contributed by atoms with E-state index in [4.69, 9.17) is 9.84 Å². The van der Waals surface area contributed by atoms with Crippen molar-refractivity contribution in [2.45, 2.75) is 13.0 Å². The van der Waals surface area contributed by atoms with Crippen molar-refractivity contribution in [1.29, 1.82) is 0 Å². The van der Waals surface area contributed by atoms with Gasteiger partial charge in [-0.05, 0) is 36.2 Å². The molecule has 1 aliphatic heterocycles. The predicted octanol–water partition coefficient (Wildman–Crippen LogP) is 2.79. The Morgan fingerprint density at radius 1 is 1.33 bits per heavy atom. The summed E-state index contributed by atoms with van der Waals surface area (Å²) in [6.07, 6.45) is -0.986. The standard InChI is InChI=1S/C17H16FNO4S/c1-10-8-14(24-15(10)11-2-4-12(18)5-3-11)16(20)19-6-7-23-13(9-19)17(21)22/h2-5,8,13H,6-7,9H2,1H3,(H,21,22). The fourth-order valence-corrected chi connectivity index (χ4v) is 3.76. The zero-order valence-corrected chi connectivity index (χ0v) is 13.8. The second kappa shape index (κ2) is 6.70. The van der Waals surface area contributed by atoms with Gasteiger partial charge in [-0.25, -0.2) is 9.18 Å². The number of carbonyl (C=O) groups is 2. The molecule has 1 atom stereocenters. The highest BCUT2D eigenvalue weighted by molar-refractivity contribution is 7.17. The van der Waals surface area contributed by atoms with Gasteiger partial charge in [-0.1, -0.05) is 12.1 Å². The van der Waals surface area contributed by atoms with Gasteiger partial charge in [0.05, 0.1) is 18.0 Å². The van der Waals surface area contributed by atoms with Gasteiger partial charge in [-0.2, -0.15) is 0 Å². The zero-order chi connectivity index (χ0) is 17.3. The maximum absolute atomic E-state index is 13.1. The number of hydrogen-bond acceptors (Lipinski definition) is 4. The molecular weight excluding hydrogens is 333 g/mol. The van der Waals surface area contributed by atoms with Crippen molar-refractivity contribution in [1.82, 2.24) is 4.90 Å². The SMILES string of the molecule is Cc1cc(C(=O)N2CCOC(C(=O)O)C2)sc1-c1ccc(F)cc1. The molecule has 1 aromatic carbocycles. The smallest absolute Gasteiger partial charge is 0.334 e. The van der Waals surface area contributed by atoms with Crippen LogP contribution in [0.15, 0.2) is 30.3 Å². The fraction of sp³-hybridized carbons (Fsp3) is 0.294. The minimum Gasteiger partial charge on any atom is -0.479 e. The Morgan fingerprint density at radius 3 is 2.71 bits per heavy atom. The van der Waals surface area contributed by atoms with E-state index in [9.17, 15) is 14.0 Å². The summed E-state index contributed by atoms with van der Waals surface area (Å²) in [5.41, 5.74) is 1.78. The summed E-state index contributed by atoms with van der Waals surface area (Å²) in [7, 11) is 0. The molecule has 5 nitrogen and oxygen atoms in total. The monoisotopic (exact) mass is 349 g/mol. The molecule has 0 bridgehead atoms. The van der Waals surface area contributed by atoms with Crippen molar-refractivity contribution in [3.05, 3.63) is 46.6 Å². The van der Waals surface area contributed by atoms with Crippen molar-refractivity contribution in [2.75, 3.05) is 19.7 Å². The molecule has 1 N–H and O–H groups in total. The summed E-state index contributed by atoms with van der Waals surface area (Å²) in [6.45, 7) is 2.51. The van der Waals surface area contributed by atoms with Crippen LogP contribution in [0.2, 0.25) is 0 Å². The van der Waals surface area contributed by atoms with E-state index in [1.165, 1.54) is 28.4 Å². The third-order valence-electron chi connectivity index (χ3n) is 3.86. The number of aliphatic carboxylic acids is 1. The Balaban J connectivity index is 1.82. The average Bonchev–Trinajstić information content (AvgIpc) is 2.97. The van der Waals surface area contributed by atoms with Gasteiger partial charge in [-0.15, -0.1) is 11.3 Å². The van der Waals surface area contributed by atoms with Gasteiger partial charge < -0.3 is 14.7 Å². The Bertz CT molecular complexity index is 771. The number of rotatable bonds is 3. The van der Waals surface area contributed by atoms with Crippen LogP contribution in [-0.2, 0) is 9.53 Å². The molecule has 7 heteroatoms. The maximum Gasteiger partial charge on any atom is 0.334 e. The van der Waals surface area contributed by atoms with Crippen molar-refractivity contribution in [3.8, 4) is 10.4 Å². The number of nitrogens with zero attached hydrogens (tertiary/aromatic N) is 1. The first-order valence-corrected chi connectivity index (χ1v) is 8.27. The molecule has 1 saturated heterocycles. The molecule has 3 rings (SSSR count). The van der Waals surface area contributed by atoms with E-state index in [0.717, 1.165) is 16.0 Å². The summed E-state index contributed by atoms with van der Waals surface area (Å²) >= 11 is 1.33. The highest BCUT2D eigenvalue weighted by Crippen LogP contribution is 2.33. The summed E-state index contributed by atoms with van der Waals surface area (Å²) in [6, 6.07) is 7.91. The molecule has 2 heterocycles. The van der Waals surface area contributed by atoms with Gasteiger partial charge >= 0.3 is 5.97 Å². The van der Waals surface area contributed by atoms with Gasteiger partial charge in [0, 0.05) is 11.4 Å². The molecule has 1 unspecified atom stereocenters. The number of thiophene rings is 1. The largest absolute Gasteiger partial charge is 0.479 e. The van der Waals surface area contributed by atoms with Crippen LogP contribution in [0.5, 0.6) is 0 Å². The third-order valence-corrected chi connectivity index (χ3v) is 5.14. The number of aryl methyl sites for hydroxylation is 1. The second-order valence-electron chi connectivity index (χ2n) is 5.58. The van der Waals surface area contributed by atoms with E-state index in [1.54, 1.807) is 18.2 Å². The molecule has 126 valence electrons. The number of morpholine rings is 1. The van der Waals surface area contributed by atoms with E-state index >= 15 is 0 Å². The Morgan fingerprint density at radius 2 is 2.04 bits per heavy atom. The molecule has 0 radical (unpaired) electrons. The lowest BCUT2D eigenvalue weighted by Gasteiger charge is -2.30. The molecule has 0 aliphatic carbocycles. The quantitative estimate of drug-likeness (QED) is 0.925. The number of carboxylic acids is 1. The molecule has 2 aromatic rings. The molecule has 1 fully saturated rings. The first-order valence-electron chi connectivity index (χ1n) is 7.46. The second-order valence-corrected chi connectivity index (χ2v) is 6.63. The summed E-state index contributed by atoms with van der Waals surface area (Å²) in [4.78, 5) is 26.6. The van der Waals surface area contributed by atoms with Crippen LogP contribution in [0.4, 0.5) is 4.39 Å². The molecule has 1 aromatic heterocycles. The van der Waals surface area contributed by atoms with Crippen LogP contribution < -0.4 is 0 Å². The van der Waals surface area contributed by atoms with Crippen molar-refractivity contribution in [3.63, 3.8) is 0 Å². The lowest BCUT2D eigenvalue weighted by Crippen LogP contribution is -2.48. The van der Waals surface area contributed by atoms with E-state index < -0.39 is 12.1 Å². The first kappa shape index (κ1) is 16.6. The normalized spacial score (nSPS) is 17.8. The van der Waals surface area contributed by atoms with Gasteiger partial charge in [0.2, 0.25) is 0 Å². The minimum atomic E-state index is -1.07. The third kappa shape index (κ3) is 3.32. The van der Waals surface area contributed by atoms with Crippen LogP contribution in [0, 0.1) is 12.7 Å². The lowest BCUT2D eigenvalue weighted by molar-refractivity contribution is -0.154. The average molecular weight is 349 g/mol. The number of ether oxygens (including phenoxy) is 1. The molecule has 1 amide bonds. The van der Waals surface area contributed by atoms with Gasteiger partial charge in [0.1, 0.15) is 5.82 Å². The molecule has 24 heavy (non-hydrogen) atoms. The number of carboxylic acid groups (broad SMARTS) is 1.